The fourth-order valence-electron chi connectivity index (χ4n) is 3.74. The lowest BCUT2D eigenvalue weighted by atomic mass is 9.97. The second-order valence-electron chi connectivity index (χ2n) is 7.83. The van der Waals surface area contributed by atoms with E-state index in [-0.39, 0.29) is 41.6 Å². The number of rotatable bonds is 7. The minimum atomic E-state index is -3.52. The number of amides is 1. The van der Waals surface area contributed by atoms with E-state index in [0.717, 1.165) is 4.47 Å². The van der Waals surface area contributed by atoms with Crippen LogP contribution in [0.15, 0.2) is 46.9 Å². The van der Waals surface area contributed by atoms with E-state index in [0.29, 0.717) is 18.4 Å². The van der Waals surface area contributed by atoms with Crippen LogP contribution in [-0.4, -0.2) is 57.9 Å². The minimum Gasteiger partial charge on any atom is -0.465 e. The van der Waals surface area contributed by atoms with Gasteiger partial charge in [0.15, 0.2) is 0 Å². The Morgan fingerprint density at radius 2 is 1.59 bits per heavy atom. The van der Waals surface area contributed by atoms with Gasteiger partial charge in [-0.15, -0.1) is 0 Å². The number of piperidine rings is 1. The van der Waals surface area contributed by atoms with Crippen molar-refractivity contribution in [2.75, 3.05) is 32.6 Å². The molecule has 0 unspecified atom stereocenters. The summed E-state index contributed by atoms with van der Waals surface area (Å²) in [6.45, 7) is 0.452. The van der Waals surface area contributed by atoms with E-state index < -0.39 is 27.9 Å². The molecule has 1 amide bonds. The van der Waals surface area contributed by atoms with Crippen molar-refractivity contribution in [1.29, 1.82) is 0 Å². The number of methoxy groups -OCH3 is 2. The van der Waals surface area contributed by atoms with Gasteiger partial charge in [-0.25, -0.2) is 22.3 Å². The van der Waals surface area contributed by atoms with Gasteiger partial charge in [0.1, 0.15) is 0 Å². The van der Waals surface area contributed by atoms with E-state index in [1.807, 2.05) is 6.07 Å². The maximum Gasteiger partial charge on any atom is 0.337 e. The maximum absolute atomic E-state index is 12.8. The first-order chi connectivity index (χ1) is 16.1. The Labute approximate surface area is 206 Å². The minimum absolute atomic E-state index is 0.0918. The van der Waals surface area contributed by atoms with Crippen LogP contribution in [0.3, 0.4) is 0 Å². The van der Waals surface area contributed by atoms with Gasteiger partial charge in [0.2, 0.25) is 15.9 Å². The number of carbonyl (C=O) groups is 3. The van der Waals surface area contributed by atoms with Crippen molar-refractivity contribution in [3.8, 4) is 0 Å². The zero-order valence-corrected chi connectivity index (χ0v) is 21.1. The van der Waals surface area contributed by atoms with Gasteiger partial charge in [0, 0.05) is 29.2 Å². The Balaban J connectivity index is 1.65. The molecule has 0 spiro atoms. The molecular formula is C23H25BrN2O7S. The summed E-state index contributed by atoms with van der Waals surface area (Å²) in [5, 5.41) is 2.72. The summed E-state index contributed by atoms with van der Waals surface area (Å²) in [6, 6.07) is 11.3. The number of carbonyl (C=O) groups excluding carboxylic acids is 3. The van der Waals surface area contributed by atoms with Gasteiger partial charge < -0.3 is 14.8 Å². The van der Waals surface area contributed by atoms with E-state index in [2.05, 4.69) is 21.2 Å². The quantitative estimate of drug-likeness (QED) is 0.523. The highest BCUT2D eigenvalue weighted by molar-refractivity contribution is 9.10. The number of hydrogen-bond acceptors (Lipinski definition) is 7. The fourth-order valence-corrected chi connectivity index (χ4v) is 5.74. The number of sulfonamides is 1. The van der Waals surface area contributed by atoms with Gasteiger partial charge in [0.05, 0.1) is 31.1 Å². The van der Waals surface area contributed by atoms with E-state index in [9.17, 15) is 22.8 Å². The van der Waals surface area contributed by atoms with Crippen molar-refractivity contribution >= 4 is 49.5 Å². The lowest BCUT2D eigenvalue weighted by molar-refractivity contribution is -0.120. The van der Waals surface area contributed by atoms with Crippen LogP contribution in [0, 0.1) is 5.92 Å². The van der Waals surface area contributed by atoms with Crippen LogP contribution in [-0.2, 0) is 30.0 Å². The zero-order valence-electron chi connectivity index (χ0n) is 18.7. The van der Waals surface area contributed by atoms with Crippen molar-refractivity contribution in [2.24, 2.45) is 5.92 Å². The van der Waals surface area contributed by atoms with Crippen LogP contribution < -0.4 is 5.32 Å². The lowest BCUT2D eigenvalue weighted by Gasteiger charge is -2.30. The molecule has 1 aliphatic heterocycles. The molecule has 1 N–H and O–H groups in total. The Morgan fingerprint density at radius 1 is 1.00 bits per heavy atom. The Morgan fingerprint density at radius 3 is 2.12 bits per heavy atom. The van der Waals surface area contributed by atoms with E-state index in [1.165, 1.54) is 36.7 Å². The number of nitrogens with one attached hydrogen (secondary N) is 1. The maximum atomic E-state index is 12.8. The largest absolute Gasteiger partial charge is 0.465 e. The lowest BCUT2D eigenvalue weighted by Crippen LogP contribution is -2.41. The Bertz CT molecular complexity index is 1160. The first-order valence-corrected chi connectivity index (χ1v) is 12.9. The standard InChI is InChI=1S/C23H25BrN2O7S/c1-32-22(28)17-11-18(23(29)33-2)13-20(12-17)25-21(27)16-6-8-26(9-7-16)34(30,31)14-15-4-3-5-19(24)10-15/h3-5,10-13,16H,6-9,14H2,1-2H3,(H,25,27). The molecule has 3 rings (SSSR count). The first-order valence-electron chi connectivity index (χ1n) is 10.5. The van der Waals surface area contributed by atoms with E-state index in [4.69, 9.17) is 9.47 Å². The topological polar surface area (TPSA) is 119 Å². The summed E-state index contributed by atoms with van der Waals surface area (Å²) in [5.74, 6) is -2.17. The van der Waals surface area contributed by atoms with Gasteiger partial charge in [-0.1, -0.05) is 28.1 Å². The third kappa shape index (κ3) is 6.43. The molecule has 1 fully saturated rings. The second-order valence-corrected chi connectivity index (χ2v) is 10.7. The number of anilines is 1. The molecule has 0 aliphatic carbocycles. The SMILES string of the molecule is COC(=O)c1cc(NC(=O)C2CCN(S(=O)(=O)Cc3cccc(Br)c3)CC2)cc(C(=O)OC)c1. The predicted molar refractivity (Wildman–Crippen MR) is 129 cm³/mol. The molecule has 1 heterocycles. The van der Waals surface area contributed by atoms with Crippen molar-refractivity contribution in [3.63, 3.8) is 0 Å². The normalized spacial score (nSPS) is 14.9. The molecule has 2 aromatic rings. The molecule has 1 saturated heterocycles. The number of ether oxygens (including phenoxy) is 2. The third-order valence-electron chi connectivity index (χ3n) is 5.50. The van der Waals surface area contributed by atoms with Gasteiger partial charge in [-0.05, 0) is 48.7 Å². The summed E-state index contributed by atoms with van der Waals surface area (Å²) in [4.78, 5) is 36.7. The number of esters is 2. The molecule has 1 aliphatic rings. The summed E-state index contributed by atoms with van der Waals surface area (Å²) in [6.07, 6.45) is 0.703. The number of hydrogen-bond donors (Lipinski definition) is 1. The van der Waals surface area contributed by atoms with Gasteiger partial charge in [-0.2, -0.15) is 0 Å². The van der Waals surface area contributed by atoms with Crippen molar-refractivity contribution < 1.29 is 32.3 Å². The van der Waals surface area contributed by atoms with Crippen LogP contribution in [0.5, 0.6) is 0 Å². The number of benzene rings is 2. The molecule has 0 radical (unpaired) electrons. The molecule has 0 saturated carbocycles. The van der Waals surface area contributed by atoms with Crippen LogP contribution in [0.25, 0.3) is 0 Å². The number of halogens is 1. The second kappa shape index (κ2) is 11.1. The van der Waals surface area contributed by atoms with Crippen LogP contribution >= 0.6 is 15.9 Å². The molecule has 182 valence electrons. The van der Waals surface area contributed by atoms with E-state index >= 15 is 0 Å². The molecular weight excluding hydrogens is 528 g/mol. The molecule has 0 atom stereocenters. The average molecular weight is 553 g/mol. The predicted octanol–water partition coefficient (Wildman–Crippen LogP) is 3.20. The first kappa shape index (κ1) is 25.9. The summed E-state index contributed by atoms with van der Waals surface area (Å²) in [7, 11) is -1.09. The highest BCUT2D eigenvalue weighted by Crippen LogP contribution is 2.25. The van der Waals surface area contributed by atoms with Crippen molar-refractivity contribution in [3.05, 3.63) is 63.6 Å². The van der Waals surface area contributed by atoms with Gasteiger partial charge in [-0.3, -0.25) is 4.79 Å². The fraction of sp³-hybridized carbons (Fsp3) is 0.348. The average Bonchev–Trinajstić information content (AvgIpc) is 2.82. The molecule has 0 bridgehead atoms. The van der Waals surface area contributed by atoms with Crippen molar-refractivity contribution in [2.45, 2.75) is 18.6 Å². The van der Waals surface area contributed by atoms with Gasteiger partial charge >= 0.3 is 11.9 Å². The highest BCUT2D eigenvalue weighted by Gasteiger charge is 2.31. The Hall–Kier alpha value is -2.76. The molecule has 11 heteroatoms. The van der Waals surface area contributed by atoms with Crippen LogP contribution in [0.1, 0.15) is 39.1 Å². The van der Waals surface area contributed by atoms with Gasteiger partial charge in [0.25, 0.3) is 0 Å². The highest BCUT2D eigenvalue weighted by atomic mass is 79.9. The molecule has 9 nitrogen and oxygen atoms in total. The molecule has 0 aromatic heterocycles. The smallest absolute Gasteiger partial charge is 0.337 e. The molecule has 2 aromatic carbocycles. The zero-order chi connectivity index (χ0) is 24.9. The van der Waals surface area contributed by atoms with Crippen molar-refractivity contribution in [1.82, 2.24) is 4.31 Å². The molecule has 34 heavy (non-hydrogen) atoms. The summed E-state index contributed by atoms with van der Waals surface area (Å²) < 4.78 is 37.3. The van der Waals surface area contributed by atoms with Crippen LogP contribution in [0.4, 0.5) is 5.69 Å². The summed E-state index contributed by atoms with van der Waals surface area (Å²) >= 11 is 3.35. The number of nitrogens with zero attached hydrogens (tertiary/aromatic N) is 1. The Kier molecular flexibility index (Phi) is 8.45. The monoisotopic (exact) mass is 552 g/mol. The van der Waals surface area contributed by atoms with E-state index in [1.54, 1.807) is 18.2 Å². The van der Waals surface area contributed by atoms with Crippen LogP contribution in [0.2, 0.25) is 0 Å². The summed E-state index contributed by atoms with van der Waals surface area (Å²) in [5.41, 5.74) is 1.11. The third-order valence-corrected chi connectivity index (χ3v) is 7.84.